The van der Waals surface area contributed by atoms with Crippen molar-refractivity contribution < 1.29 is 22.1 Å². The van der Waals surface area contributed by atoms with Crippen molar-refractivity contribution in [1.29, 1.82) is 0 Å². The topological polar surface area (TPSA) is 84.7 Å². The maximum atomic E-state index is 13.3. The molecule has 178 valence electrons. The molecule has 3 aromatic carbocycles. The summed E-state index contributed by atoms with van der Waals surface area (Å²) in [5.74, 6) is 0.391. The minimum atomic E-state index is -3.62. The van der Waals surface area contributed by atoms with Gasteiger partial charge in [0.15, 0.2) is 5.58 Å². The van der Waals surface area contributed by atoms with E-state index in [9.17, 15) is 12.8 Å². The van der Waals surface area contributed by atoms with Gasteiger partial charge in [-0.15, -0.1) is 0 Å². The molecule has 9 heteroatoms. The third-order valence-electron chi connectivity index (χ3n) is 6.32. The molecule has 7 nitrogen and oxygen atoms in total. The molecule has 1 saturated heterocycles. The van der Waals surface area contributed by atoms with E-state index in [2.05, 4.69) is 14.8 Å². The Balaban J connectivity index is 1.16. The summed E-state index contributed by atoms with van der Waals surface area (Å²) in [6, 6.07) is 15.0. The van der Waals surface area contributed by atoms with Crippen LogP contribution in [0.15, 0.2) is 64.0 Å². The molecular formula is C25H26FN3O4S. The van der Waals surface area contributed by atoms with E-state index in [1.165, 1.54) is 12.1 Å². The highest BCUT2D eigenvalue weighted by atomic mass is 32.2. The Kier molecular flexibility index (Phi) is 6.24. The quantitative estimate of drug-likeness (QED) is 0.406. The zero-order valence-electron chi connectivity index (χ0n) is 18.8. The molecule has 0 saturated carbocycles. The number of halogens is 1. The van der Waals surface area contributed by atoms with Crippen molar-refractivity contribution in [1.82, 2.24) is 14.8 Å². The fraction of sp³-hybridized carbons (Fsp3) is 0.320. The number of aromatic nitrogens is 1. The molecular weight excluding hydrogens is 457 g/mol. The van der Waals surface area contributed by atoms with Gasteiger partial charge in [-0.05, 0) is 79.5 Å². The Hall–Kier alpha value is -3.01. The summed E-state index contributed by atoms with van der Waals surface area (Å²) in [7, 11) is -2.01. The lowest BCUT2D eigenvalue weighted by Crippen LogP contribution is -2.37. The number of benzene rings is 3. The minimum Gasteiger partial charge on any atom is -0.497 e. The van der Waals surface area contributed by atoms with Crippen LogP contribution in [0.3, 0.4) is 0 Å². The molecule has 2 heterocycles. The second-order valence-electron chi connectivity index (χ2n) is 8.66. The van der Waals surface area contributed by atoms with E-state index < -0.39 is 10.0 Å². The molecule has 1 atom stereocenters. The van der Waals surface area contributed by atoms with Crippen LogP contribution in [-0.4, -0.2) is 51.3 Å². The van der Waals surface area contributed by atoms with E-state index in [1.54, 1.807) is 31.4 Å². The Labute approximate surface area is 197 Å². The van der Waals surface area contributed by atoms with Crippen molar-refractivity contribution >= 4 is 31.8 Å². The first-order valence-electron chi connectivity index (χ1n) is 11.3. The van der Waals surface area contributed by atoms with Gasteiger partial charge < -0.3 is 14.2 Å². The maximum Gasteiger partial charge on any atom is 0.240 e. The second-order valence-corrected chi connectivity index (χ2v) is 10.4. The van der Waals surface area contributed by atoms with Crippen LogP contribution in [0.4, 0.5) is 4.39 Å². The number of sulfonamides is 1. The van der Waals surface area contributed by atoms with Crippen molar-refractivity contribution in [3.05, 3.63) is 66.1 Å². The molecule has 0 aliphatic carbocycles. The zero-order chi connectivity index (χ0) is 23.7. The smallest absolute Gasteiger partial charge is 0.240 e. The fourth-order valence-electron chi connectivity index (χ4n) is 4.53. The van der Waals surface area contributed by atoms with Gasteiger partial charge in [0.2, 0.25) is 10.0 Å². The van der Waals surface area contributed by atoms with Gasteiger partial charge in [0.25, 0.3) is 0 Å². The number of ether oxygens (including phenoxy) is 1. The summed E-state index contributed by atoms with van der Waals surface area (Å²) in [6.07, 6.45) is 2.33. The molecule has 1 fully saturated rings. The molecule has 0 amide bonds. The monoisotopic (exact) mass is 483 g/mol. The predicted octanol–water partition coefficient (Wildman–Crippen LogP) is 4.11. The molecule has 0 spiro atoms. The van der Waals surface area contributed by atoms with E-state index in [4.69, 9.17) is 9.26 Å². The molecule has 1 aliphatic heterocycles. The number of hydrogen-bond donors (Lipinski definition) is 1. The number of rotatable bonds is 8. The van der Waals surface area contributed by atoms with Crippen LogP contribution in [0.2, 0.25) is 0 Å². The van der Waals surface area contributed by atoms with E-state index in [-0.39, 0.29) is 16.8 Å². The molecule has 1 unspecified atom stereocenters. The first kappa shape index (κ1) is 22.8. The standard InChI is InChI=1S/C25H26FN3O4S/c1-32-21-7-4-18-14-22(8-5-17(18)13-21)34(30,31)28-20-10-12-29(16-20)11-2-3-24-23-9-6-19(26)15-25(23)33-27-24/h4-9,13-15,20,28H,2-3,10-12,16H2,1H3. The summed E-state index contributed by atoms with van der Waals surface area (Å²) in [5, 5.41) is 6.68. The van der Waals surface area contributed by atoms with E-state index in [0.29, 0.717) is 18.5 Å². The summed E-state index contributed by atoms with van der Waals surface area (Å²) >= 11 is 0. The maximum absolute atomic E-state index is 13.3. The van der Waals surface area contributed by atoms with Crippen molar-refractivity contribution in [3.63, 3.8) is 0 Å². The van der Waals surface area contributed by atoms with Crippen LogP contribution in [0.25, 0.3) is 21.7 Å². The average Bonchev–Trinajstić information content (AvgIpc) is 3.44. The molecule has 1 aliphatic rings. The van der Waals surface area contributed by atoms with Gasteiger partial charge in [-0.3, -0.25) is 0 Å². The average molecular weight is 484 g/mol. The van der Waals surface area contributed by atoms with Gasteiger partial charge in [-0.25, -0.2) is 17.5 Å². The fourth-order valence-corrected chi connectivity index (χ4v) is 5.83. The number of aryl methyl sites for hydroxylation is 1. The van der Waals surface area contributed by atoms with Gasteiger partial charge in [-0.2, -0.15) is 0 Å². The summed E-state index contributed by atoms with van der Waals surface area (Å²) < 4.78 is 52.6. The van der Waals surface area contributed by atoms with E-state index in [1.807, 2.05) is 18.2 Å². The zero-order valence-corrected chi connectivity index (χ0v) is 19.6. The highest BCUT2D eigenvalue weighted by Gasteiger charge is 2.27. The number of nitrogens with one attached hydrogen (secondary N) is 1. The number of methoxy groups -OCH3 is 1. The second kappa shape index (κ2) is 9.32. The third-order valence-corrected chi connectivity index (χ3v) is 7.84. The van der Waals surface area contributed by atoms with Crippen LogP contribution >= 0.6 is 0 Å². The number of likely N-dealkylation sites (tertiary alicyclic amines) is 1. The molecule has 5 rings (SSSR count). The molecule has 0 radical (unpaired) electrons. The summed E-state index contributed by atoms with van der Waals surface area (Å²) in [4.78, 5) is 2.51. The number of nitrogens with zero attached hydrogens (tertiary/aromatic N) is 2. The van der Waals surface area contributed by atoms with E-state index >= 15 is 0 Å². The first-order chi connectivity index (χ1) is 16.4. The van der Waals surface area contributed by atoms with Crippen LogP contribution in [0.1, 0.15) is 18.5 Å². The SMILES string of the molecule is COc1ccc2cc(S(=O)(=O)NC3CCN(CCCc4noc5cc(F)ccc45)C3)ccc2c1. The lowest BCUT2D eigenvalue weighted by Gasteiger charge is -2.16. The van der Waals surface area contributed by atoms with Gasteiger partial charge in [0.1, 0.15) is 11.6 Å². The molecule has 1 aromatic heterocycles. The van der Waals surface area contributed by atoms with Crippen molar-refractivity contribution in [2.45, 2.75) is 30.2 Å². The Morgan fingerprint density at radius 2 is 1.97 bits per heavy atom. The molecule has 34 heavy (non-hydrogen) atoms. The van der Waals surface area contributed by atoms with Gasteiger partial charge in [0, 0.05) is 24.0 Å². The summed E-state index contributed by atoms with van der Waals surface area (Å²) in [5.41, 5.74) is 1.28. The van der Waals surface area contributed by atoms with Crippen LogP contribution < -0.4 is 9.46 Å². The normalized spacial score (nSPS) is 17.1. The van der Waals surface area contributed by atoms with Gasteiger partial charge in [-0.1, -0.05) is 17.3 Å². The molecule has 1 N–H and O–H groups in total. The van der Waals surface area contributed by atoms with Gasteiger partial charge in [0.05, 0.1) is 17.7 Å². The Bertz CT molecular complexity index is 1440. The minimum absolute atomic E-state index is 0.132. The highest BCUT2D eigenvalue weighted by molar-refractivity contribution is 7.89. The highest BCUT2D eigenvalue weighted by Crippen LogP contribution is 2.25. The first-order valence-corrected chi connectivity index (χ1v) is 12.8. The van der Waals surface area contributed by atoms with Crippen LogP contribution in [0.5, 0.6) is 5.75 Å². The Morgan fingerprint density at radius 3 is 2.82 bits per heavy atom. The lowest BCUT2D eigenvalue weighted by atomic mass is 10.1. The Morgan fingerprint density at radius 1 is 1.15 bits per heavy atom. The van der Waals surface area contributed by atoms with Crippen molar-refractivity contribution in [2.24, 2.45) is 0 Å². The molecule has 4 aromatic rings. The van der Waals surface area contributed by atoms with E-state index in [0.717, 1.165) is 53.5 Å². The number of fused-ring (bicyclic) bond motifs is 2. The largest absolute Gasteiger partial charge is 0.497 e. The number of hydrogen-bond acceptors (Lipinski definition) is 6. The summed E-state index contributed by atoms with van der Waals surface area (Å²) in [6.45, 7) is 2.32. The third kappa shape index (κ3) is 4.77. The van der Waals surface area contributed by atoms with Crippen LogP contribution in [-0.2, 0) is 16.4 Å². The lowest BCUT2D eigenvalue weighted by molar-refractivity contribution is 0.326. The predicted molar refractivity (Wildman–Crippen MR) is 128 cm³/mol. The van der Waals surface area contributed by atoms with Crippen molar-refractivity contribution in [3.8, 4) is 5.75 Å². The van der Waals surface area contributed by atoms with Crippen molar-refractivity contribution in [2.75, 3.05) is 26.7 Å². The van der Waals surface area contributed by atoms with Gasteiger partial charge >= 0.3 is 0 Å². The van der Waals surface area contributed by atoms with Crippen LogP contribution in [0, 0.1) is 5.82 Å². The molecule has 0 bridgehead atoms.